The molecule has 1 heterocycles. The van der Waals surface area contributed by atoms with E-state index in [0.29, 0.717) is 25.7 Å². The third-order valence-electron chi connectivity index (χ3n) is 4.25. The van der Waals surface area contributed by atoms with Crippen LogP contribution in [-0.2, 0) is 0 Å². The number of nitrogens with one attached hydrogen (secondary N) is 1. The SMILES string of the molecule is N#Cc1nccnc1OC1CCC(NC(=O)c2c(F)cccc2F)CC1. The molecule has 26 heavy (non-hydrogen) atoms. The third-order valence-corrected chi connectivity index (χ3v) is 4.25. The predicted molar refractivity (Wildman–Crippen MR) is 87.2 cm³/mol. The van der Waals surface area contributed by atoms with E-state index in [1.165, 1.54) is 18.5 Å². The van der Waals surface area contributed by atoms with Gasteiger partial charge in [-0.25, -0.2) is 18.7 Å². The topological polar surface area (TPSA) is 87.9 Å². The normalized spacial score (nSPS) is 19.4. The van der Waals surface area contributed by atoms with Gasteiger partial charge in [0.25, 0.3) is 11.8 Å². The second kappa shape index (κ2) is 7.87. The number of rotatable bonds is 4. The molecule has 1 saturated carbocycles. The Kier molecular flexibility index (Phi) is 5.37. The van der Waals surface area contributed by atoms with Gasteiger partial charge in [0.05, 0.1) is 0 Å². The number of nitrogens with zero attached hydrogens (tertiary/aromatic N) is 3. The van der Waals surface area contributed by atoms with Gasteiger partial charge < -0.3 is 10.1 Å². The molecule has 1 aliphatic carbocycles. The van der Waals surface area contributed by atoms with Crippen LogP contribution in [0.1, 0.15) is 41.7 Å². The summed E-state index contributed by atoms with van der Waals surface area (Å²) >= 11 is 0. The summed E-state index contributed by atoms with van der Waals surface area (Å²) in [6, 6.07) is 5.04. The van der Waals surface area contributed by atoms with Gasteiger partial charge >= 0.3 is 0 Å². The molecule has 0 radical (unpaired) electrons. The smallest absolute Gasteiger partial charge is 0.257 e. The zero-order chi connectivity index (χ0) is 18.5. The average molecular weight is 358 g/mol. The Balaban J connectivity index is 1.56. The highest BCUT2D eigenvalue weighted by Crippen LogP contribution is 2.24. The molecule has 1 aromatic carbocycles. The van der Waals surface area contributed by atoms with Crippen LogP contribution in [0, 0.1) is 23.0 Å². The van der Waals surface area contributed by atoms with E-state index < -0.39 is 23.1 Å². The molecule has 134 valence electrons. The van der Waals surface area contributed by atoms with Crippen molar-refractivity contribution in [2.45, 2.75) is 37.8 Å². The van der Waals surface area contributed by atoms with Gasteiger partial charge in [0.15, 0.2) is 0 Å². The van der Waals surface area contributed by atoms with Gasteiger partial charge in [0, 0.05) is 18.4 Å². The summed E-state index contributed by atoms with van der Waals surface area (Å²) < 4.78 is 33.1. The van der Waals surface area contributed by atoms with Crippen molar-refractivity contribution >= 4 is 5.91 Å². The van der Waals surface area contributed by atoms with E-state index in [9.17, 15) is 13.6 Å². The fourth-order valence-electron chi connectivity index (χ4n) is 2.94. The Morgan fingerprint density at radius 1 is 1.15 bits per heavy atom. The molecular weight excluding hydrogens is 342 g/mol. The lowest BCUT2D eigenvalue weighted by molar-refractivity contribution is 0.0881. The lowest BCUT2D eigenvalue weighted by atomic mass is 9.92. The summed E-state index contributed by atoms with van der Waals surface area (Å²) in [6.07, 6.45) is 5.13. The molecule has 0 bridgehead atoms. The molecule has 0 saturated heterocycles. The summed E-state index contributed by atoms with van der Waals surface area (Å²) in [7, 11) is 0. The van der Waals surface area contributed by atoms with E-state index in [0.717, 1.165) is 12.1 Å². The molecule has 6 nitrogen and oxygen atoms in total. The summed E-state index contributed by atoms with van der Waals surface area (Å²) in [4.78, 5) is 20.0. The number of nitriles is 1. The second-order valence-electron chi connectivity index (χ2n) is 5.98. The van der Waals surface area contributed by atoms with Crippen molar-refractivity contribution in [1.29, 1.82) is 5.26 Å². The van der Waals surface area contributed by atoms with Crippen molar-refractivity contribution in [3.8, 4) is 11.9 Å². The lowest BCUT2D eigenvalue weighted by Gasteiger charge is -2.29. The monoisotopic (exact) mass is 358 g/mol. The maximum Gasteiger partial charge on any atom is 0.257 e. The Hall–Kier alpha value is -3.08. The molecule has 1 fully saturated rings. The van der Waals surface area contributed by atoms with Crippen molar-refractivity contribution in [3.05, 3.63) is 53.5 Å². The van der Waals surface area contributed by atoms with Crippen LogP contribution in [0.5, 0.6) is 5.88 Å². The van der Waals surface area contributed by atoms with Crippen molar-refractivity contribution < 1.29 is 18.3 Å². The highest BCUT2D eigenvalue weighted by molar-refractivity contribution is 5.94. The molecular formula is C18H16F2N4O2. The molecule has 0 unspecified atom stereocenters. The standard InChI is InChI=1S/C18H16F2N4O2/c19-13-2-1-3-14(20)16(13)17(25)24-11-4-6-12(7-5-11)26-18-15(10-21)22-8-9-23-18/h1-3,8-9,11-12H,4-7H2,(H,24,25). The minimum absolute atomic E-state index is 0.123. The predicted octanol–water partition coefficient (Wildman–Crippen LogP) is 2.75. The van der Waals surface area contributed by atoms with E-state index in [2.05, 4.69) is 15.3 Å². The molecule has 3 rings (SSSR count). The number of carbonyl (C=O) groups excluding carboxylic acids is 1. The van der Waals surface area contributed by atoms with Crippen LogP contribution < -0.4 is 10.1 Å². The largest absolute Gasteiger partial charge is 0.472 e. The van der Waals surface area contributed by atoms with Crippen LogP contribution in [0.15, 0.2) is 30.6 Å². The average Bonchev–Trinajstić information content (AvgIpc) is 2.63. The number of halogens is 2. The van der Waals surface area contributed by atoms with Gasteiger partial charge in [0.2, 0.25) is 5.69 Å². The second-order valence-corrected chi connectivity index (χ2v) is 5.98. The minimum atomic E-state index is -0.883. The zero-order valence-corrected chi connectivity index (χ0v) is 13.8. The minimum Gasteiger partial charge on any atom is -0.472 e. The number of ether oxygens (including phenoxy) is 1. The van der Waals surface area contributed by atoms with Gasteiger partial charge in [-0.15, -0.1) is 0 Å². The fourth-order valence-corrected chi connectivity index (χ4v) is 2.94. The maximum absolute atomic E-state index is 13.7. The zero-order valence-electron chi connectivity index (χ0n) is 13.8. The molecule has 2 aromatic rings. The number of carbonyl (C=O) groups is 1. The lowest BCUT2D eigenvalue weighted by Crippen LogP contribution is -2.40. The first-order chi connectivity index (χ1) is 12.6. The molecule has 0 aliphatic heterocycles. The van der Waals surface area contributed by atoms with E-state index in [1.54, 1.807) is 0 Å². The summed E-state index contributed by atoms with van der Waals surface area (Å²) in [5, 5.41) is 11.7. The van der Waals surface area contributed by atoms with E-state index in [1.807, 2.05) is 6.07 Å². The van der Waals surface area contributed by atoms with Crippen molar-refractivity contribution in [2.24, 2.45) is 0 Å². The quantitative estimate of drug-likeness (QED) is 0.908. The third kappa shape index (κ3) is 3.94. The first-order valence-electron chi connectivity index (χ1n) is 8.21. The molecule has 1 N–H and O–H groups in total. The molecule has 0 atom stereocenters. The molecule has 1 aliphatic rings. The van der Waals surface area contributed by atoms with E-state index >= 15 is 0 Å². The molecule has 1 amide bonds. The summed E-state index contributed by atoms with van der Waals surface area (Å²) in [5.41, 5.74) is -0.443. The van der Waals surface area contributed by atoms with Gasteiger partial charge in [-0.05, 0) is 37.8 Å². The van der Waals surface area contributed by atoms with Gasteiger partial charge in [-0.1, -0.05) is 6.07 Å². The van der Waals surface area contributed by atoms with Crippen LogP contribution in [0.25, 0.3) is 0 Å². The van der Waals surface area contributed by atoms with Crippen LogP contribution in [0.3, 0.4) is 0 Å². The highest BCUT2D eigenvalue weighted by Gasteiger charge is 2.26. The Morgan fingerprint density at radius 2 is 1.81 bits per heavy atom. The number of hydrogen-bond donors (Lipinski definition) is 1. The first-order valence-corrected chi connectivity index (χ1v) is 8.21. The van der Waals surface area contributed by atoms with Gasteiger partial charge in [-0.3, -0.25) is 4.79 Å². The van der Waals surface area contributed by atoms with Gasteiger partial charge in [-0.2, -0.15) is 5.26 Å². The number of aromatic nitrogens is 2. The van der Waals surface area contributed by atoms with E-state index in [4.69, 9.17) is 10.00 Å². The highest BCUT2D eigenvalue weighted by atomic mass is 19.1. The van der Waals surface area contributed by atoms with Crippen LogP contribution in [-0.4, -0.2) is 28.0 Å². The van der Waals surface area contributed by atoms with Gasteiger partial charge in [0.1, 0.15) is 29.4 Å². The first kappa shape index (κ1) is 17.7. The van der Waals surface area contributed by atoms with E-state index in [-0.39, 0.29) is 23.7 Å². The van der Waals surface area contributed by atoms with Crippen molar-refractivity contribution in [1.82, 2.24) is 15.3 Å². The Labute approximate surface area is 148 Å². The van der Waals surface area contributed by atoms with Crippen molar-refractivity contribution in [3.63, 3.8) is 0 Å². The van der Waals surface area contributed by atoms with Crippen LogP contribution in [0.2, 0.25) is 0 Å². The van der Waals surface area contributed by atoms with Crippen molar-refractivity contribution in [2.75, 3.05) is 0 Å². The summed E-state index contributed by atoms with van der Waals surface area (Å²) in [6.45, 7) is 0. The van der Waals surface area contributed by atoms with Crippen LogP contribution >= 0.6 is 0 Å². The maximum atomic E-state index is 13.7. The molecule has 0 spiro atoms. The fraction of sp³-hybridized carbons (Fsp3) is 0.333. The summed E-state index contributed by atoms with van der Waals surface area (Å²) in [5.74, 6) is -2.33. The van der Waals surface area contributed by atoms with Crippen LogP contribution in [0.4, 0.5) is 8.78 Å². The molecule has 8 heteroatoms. The molecule has 1 aromatic heterocycles. The number of benzene rings is 1. The number of hydrogen-bond acceptors (Lipinski definition) is 5. The Bertz CT molecular complexity index is 825. The number of amides is 1. The Morgan fingerprint density at radius 3 is 2.46 bits per heavy atom.